The summed E-state index contributed by atoms with van der Waals surface area (Å²) < 4.78 is 0. The highest BCUT2D eigenvalue weighted by Gasteiger charge is 2.22. The van der Waals surface area contributed by atoms with Crippen LogP contribution in [0.3, 0.4) is 0 Å². The number of rotatable bonds is 2. The molecule has 2 N–H and O–H groups in total. The second-order valence-corrected chi connectivity index (χ2v) is 6.30. The lowest BCUT2D eigenvalue weighted by Crippen LogP contribution is -2.37. The van der Waals surface area contributed by atoms with Gasteiger partial charge in [-0.3, -0.25) is 4.79 Å². The van der Waals surface area contributed by atoms with Gasteiger partial charge in [-0.1, -0.05) is 19.1 Å². The Bertz CT molecular complexity index is 490. The summed E-state index contributed by atoms with van der Waals surface area (Å²) in [5.41, 5.74) is 3.16. The minimum absolute atomic E-state index is 0.0933. The van der Waals surface area contributed by atoms with Gasteiger partial charge in [-0.25, -0.2) is 0 Å². The van der Waals surface area contributed by atoms with Crippen LogP contribution in [0.2, 0.25) is 0 Å². The van der Waals surface area contributed by atoms with Gasteiger partial charge in [0.05, 0.1) is 11.3 Å². The predicted molar refractivity (Wildman–Crippen MR) is 82.1 cm³/mol. The first-order chi connectivity index (χ1) is 9.74. The fourth-order valence-corrected chi connectivity index (χ4v) is 3.37. The lowest BCUT2D eigenvalue weighted by atomic mass is 9.87. The molecule has 1 heterocycles. The summed E-state index contributed by atoms with van der Waals surface area (Å²) in [5, 5.41) is 6.62. The van der Waals surface area contributed by atoms with Gasteiger partial charge in [-0.2, -0.15) is 0 Å². The fourth-order valence-electron chi connectivity index (χ4n) is 3.37. The molecule has 1 aliphatic carbocycles. The maximum atomic E-state index is 12.5. The number of anilines is 1. The third kappa shape index (κ3) is 2.82. The molecule has 108 valence electrons. The molecule has 0 atom stereocenters. The van der Waals surface area contributed by atoms with Crippen LogP contribution in [0.5, 0.6) is 0 Å². The van der Waals surface area contributed by atoms with Gasteiger partial charge < -0.3 is 10.6 Å². The molecule has 0 radical (unpaired) electrons. The first kappa shape index (κ1) is 13.5. The maximum absolute atomic E-state index is 12.5. The highest BCUT2D eigenvalue weighted by molar-refractivity contribution is 6.00. The third-order valence-corrected chi connectivity index (χ3v) is 4.67. The van der Waals surface area contributed by atoms with E-state index in [1.54, 1.807) is 0 Å². The van der Waals surface area contributed by atoms with Crippen LogP contribution in [0.1, 0.15) is 54.9 Å². The van der Waals surface area contributed by atoms with Gasteiger partial charge in [0.25, 0.3) is 5.91 Å². The van der Waals surface area contributed by atoms with Crippen LogP contribution >= 0.6 is 0 Å². The van der Waals surface area contributed by atoms with Crippen molar-refractivity contribution >= 4 is 11.6 Å². The van der Waals surface area contributed by atoms with E-state index in [1.165, 1.54) is 18.4 Å². The van der Waals surface area contributed by atoms with Gasteiger partial charge in [0, 0.05) is 12.6 Å². The molecule has 1 amide bonds. The van der Waals surface area contributed by atoms with Crippen LogP contribution in [0.25, 0.3) is 0 Å². The van der Waals surface area contributed by atoms with Crippen molar-refractivity contribution in [3.05, 3.63) is 29.3 Å². The summed E-state index contributed by atoms with van der Waals surface area (Å²) >= 11 is 0. The van der Waals surface area contributed by atoms with Gasteiger partial charge in [0.2, 0.25) is 0 Å². The Hall–Kier alpha value is -1.51. The van der Waals surface area contributed by atoms with Crippen LogP contribution in [-0.2, 0) is 6.42 Å². The van der Waals surface area contributed by atoms with Crippen LogP contribution in [0.15, 0.2) is 18.2 Å². The molecule has 1 saturated carbocycles. The number of carbonyl (C=O) groups is 1. The summed E-state index contributed by atoms with van der Waals surface area (Å²) in [4.78, 5) is 12.5. The Balaban J connectivity index is 1.71. The number of aryl methyl sites for hydroxylation is 1. The number of para-hydroxylation sites is 1. The Labute approximate surface area is 121 Å². The molecule has 1 aromatic carbocycles. The molecule has 1 aromatic rings. The predicted octanol–water partition coefficient (Wildman–Crippen LogP) is 3.35. The van der Waals surface area contributed by atoms with Gasteiger partial charge in [-0.15, -0.1) is 0 Å². The molecular weight excluding hydrogens is 248 g/mol. The molecule has 1 aliphatic heterocycles. The molecule has 1 fully saturated rings. The Morgan fingerprint density at radius 3 is 2.85 bits per heavy atom. The third-order valence-electron chi connectivity index (χ3n) is 4.67. The first-order valence-corrected chi connectivity index (χ1v) is 7.90. The molecule has 0 unspecified atom stereocenters. The van der Waals surface area contributed by atoms with Gasteiger partial charge in [0.15, 0.2) is 0 Å². The van der Waals surface area contributed by atoms with E-state index in [-0.39, 0.29) is 5.91 Å². The molecule has 2 aliphatic rings. The van der Waals surface area contributed by atoms with Crippen LogP contribution in [0.4, 0.5) is 5.69 Å². The van der Waals surface area contributed by atoms with Crippen molar-refractivity contribution in [1.29, 1.82) is 0 Å². The number of amides is 1. The second kappa shape index (κ2) is 5.86. The number of hydrogen-bond donors (Lipinski definition) is 2. The smallest absolute Gasteiger partial charge is 0.253 e. The van der Waals surface area contributed by atoms with Crippen molar-refractivity contribution in [3.8, 4) is 0 Å². The number of nitrogens with one attached hydrogen (secondary N) is 2. The van der Waals surface area contributed by atoms with Gasteiger partial charge in [-0.05, 0) is 56.1 Å². The van der Waals surface area contributed by atoms with Crippen LogP contribution < -0.4 is 10.6 Å². The number of benzene rings is 1. The average molecular weight is 272 g/mol. The number of carbonyl (C=O) groups excluding carboxylic acids is 1. The van der Waals surface area contributed by atoms with E-state index in [0.29, 0.717) is 6.04 Å². The van der Waals surface area contributed by atoms with Crippen LogP contribution in [-0.4, -0.2) is 18.5 Å². The van der Waals surface area contributed by atoms with Crippen molar-refractivity contribution in [1.82, 2.24) is 5.32 Å². The Kier molecular flexibility index (Phi) is 3.95. The van der Waals surface area contributed by atoms with Crippen LogP contribution in [0, 0.1) is 5.92 Å². The summed E-state index contributed by atoms with van der Waals surface area (Å²) in [6.07, 6.45) is 6.93. The van der Waals surface area contributed by atoms with Gasteiger partial charge in [0.1, 0.15) is 0 Å². The monoisotopic (exact) mass is 272 g/mol. The normalized spacial score (nSPS) is 25.4. The molecule has 3 rings (SSSR count). The zero-order valence-corrected chi connectivity index (χ0v) is 12.2. The second-order valence-electron chi connectivity index (χ2n) is 6.30. The van der Waals surface area contributed by atoms with Crippen molar-refractivity contribution < 1.29 is 4.79 Å². The standard InChI is InChI=1S/C17H24N2O/c1-12-7-9-14(10-8-12)19-17(20)15-6-2-4-13-5-3-11-18-16(13)15/h2,4,6,12,14,18H,3,5,7-11H2,1H3,(H,19,20). The van der Waals surface area contributed by atoms with E-state index in [9.17, 15) is 4.79 Å². The molecule has 0 bridgehead atoms. The summed E-state index contributed by atoms with van der Waals surface area (Å²) in [6, 6.07) is 6.43. The summed E-state index contributed by atoms with van der Waals surface area (Å²) in [6.45, 7) is 3.27. The van der Waals surface area contributed by atoms with Crippen molar-refractivity contribution in [2.45, 2.75) is 51.5 Å². The molecule has 0 saturated heterocycles. The molecular formula is C17H24N2O. The van der Waals surface area contributed by atoms with Crippen molar-refractivity contribution in [2.75, 3.05) is 11.9 Å². The Morgan fingerprint density at radius 1 is 1.25 bits per heavy atom. The molecule has 3 heteroatoms. The highest BCUT2D eigenvalue weighted by atomic mass is 16.1. The van der Waals surface area contributed by atoms with Gasteiger partial charge >= 0.3 is 0 Å². The quantitative estimate of drug-likeness (QED) is 0.867. The maximum Gasteiger partial charge on any atom is 0.253 e. The number of hydrogen-bond acceptors (Lipinski definition) is 2. The first-order valence-electron chi connectivity index (χ1n) is 7.90. The molecule has 20 heavy (non-hydrogen) atoms. The zero-order chi connectivity index (χ0) is 13.9. The summed E-state index contributed by atoms with van der Waals surface area (Å²) in [7, 11) is 0. The van der Waals surface area contributed by atoms with E-state index >= 15 is 0 Å². The van der Waals surface area contributed by atoms with E-state index in [0.717, 1.165) is 49.4 Å². The van der Waals surface area contributed by atoms with Crippen molar-refractivity contribution in [2.24, 2.45) is 5.92 Å². The van der Waals surface area contributed by atoms with Crippen molar-refractivity contribution in [3.63, 3.8) is 0 Å². The minimum atomic E-state index is 0.0933. The average Bonchev–Trinajstić information content (AvgIpc) is 2.49. The Morgan fingerprint density at radius 2 is 2.05 bits per heavy atom. The van der Waals surface area contributed by atoms with E-state index < -0.39 is 0 Å². The SMILES string of the molecule is CC1CCC(NC(=O)c2cccc3c2NCCC3)CC1. The minimum Gasteiger partial charge on any atom is -0.384 e. The lowest BCUT2D eigenvalue weighted by Gasteiger charge is -2.28. The van der Waals surface area contributed by atoms with E-state index in [4.69, 9.17) is 0 Å². The largest absolute Gasteiger partial charge is 0.384 e. The molecule has 3 nitrogen and oxygen atoms in total. The zero-order valence-electron chi connectivity index (χ0n) is 12.2. The van der Waals surface area contributed by atoms with E-state index in [2.05, 4.69) is 23.6 Å². The molecule has 0 aromatic heterocycles. The fraction of sp³-hybridized carbons (Fsp3) is 0.588. The van der Waals surface area contributed by atoms with E-state index in [1.807, 2.05) is 12.1 Å². The number of fused-ring (bicyclic) bond motifs is 1. The lowest BCUT2D eigenvalue weighted by molar-refractivity contribution is 0.0923. The highest BCUT2D eigenvalue weighted by Crippen LogP contribution is 2.27. The summed E-state index contributed by atoms with van der Waals surface area (Å²) in [5.74, 6) is 0.908. The molecule has 0 spiro atoms. The topological polar surface area (TPSA) is 41.1 Å².